The lowest BCUT2D eigenvalue weighted by molar-refractivity contribution is -0.119. The second-order valence-corrected chi connectivity index (χ2v) is 3.68. The molecule has 15 heavy (non-hydrogen) atoms. The molecule has 4 nitrogen and oxygen atoms in total. The zero-order chi connectivity index (χ0) is 10.7. The maximum Gasteiger partial charge on any atom is 0.229 e. The average Bonchev–Trinajstić information content (AvgIpc) is 2.74. The van der Waals surface area contributed by atoms with Crippen LogP contribution in [0.2, 0.25) is 5.15 Å². The molecular weight excluding hydrogens is 214 g/mol. The first-order chi connectivity index (χ1) is 7.27. The number of carbonyl (C=O) groups excluding carboxylic acids is 1. The highest BCUT2D eigenvalue weighted by molar-refractivity contribution is 6.32. The van der Waals surface area contributed by atoms with Gasteiger partial charge in [0.25, 0.3) is 0 Å². The summed E-state index contributed by atoms with van der Waals surface area (Å²) >= 11 is 5.77. The van der Waals surface area contributed by atoms with Crippen molar-refractivity contribution in [3.05, 3.63) is 29.7 Å². The van der Waals surface area contributed by atoms with Gasteiger partial charge in [-0.15, -0.1) is 0 Å². The molecule has 5 heteroatoms. The summed E-state index contributed by atoms with van der Waals surface area (Å²) in [6.07, 6.45) is 8.54. The van der Waals surface area contributed by atoms with Gasteiger partial charge in [-0.1, -0.05) is 23.8 Å². The van der Waals surface area contributed by atoms with Crippen molar-refractivity contribution in [2.75, 3.05) is 5.32 Å². The monoisotopic (exact) mass is 223 g/mol. The van der Waals surface area contributed by atoms with Gasteiger partial charge in [-0.2, -0.15) is 0 Å². The molecule has 78 valence electrons. The van der Waals surface area contributed by atoms with Gasteiger partial charge in [-0.25, -0.2) is 9.97 Å². The summed E-state index contributed by atoms with van der Waals surface area (Å²) in [5, 5.41) is 2.89. The van der Waals surface area contributed by atoms with Gasteiger partial charge in [0.2, 0.25) is 5.91 Å². The molecule has 1 amide bonds. The lowest BCUT2D eigenvalue weighted by Crippen LogP contribution is -2.21. The Bertz CT molecular complexity index is 397. The van der Waals surface area contributed by atoms with Crippen LogP contribution in [0.1, 0.15) is 12.8 Å². The number of amides is 1. The molecule has 0 atom stereocenters. The molecule has 0 unspecified atom stereocenters. The summed E-state index contributed by atoms with van der Waals surface area (Å²) in [4.78, 5) is 19.5. The number of rotatable bonds is 2. The molecule has 0 spiro atoms. The molecule has 0 saturated heterocycles. The summed E-state index contributed by atoms with van der Waals surface area (Å²) in [5.41, 5.74) is 0. The van der Waals surface area contributed by atoms with E-state index in [1.54, 1.807) is 0 Å². The molecule has 0 aliphatic heterocycles. The molecule has 0 saturated carbocycles. The van der Waals surface area contributed by atoms with Crippen molar-refractivity contribution < 1.29 is 4.79 Å². The second-order valence-electron chi connectivity index (χ2n) is 3.32. The quantitative estimate of drug-likeness (QED) is 0.781. The molecule has 1 aromatic rings. The number of allylic oxidation sites excluding steroid dienone is 2. The normalized spacial score (nSPS) is 15.5. The van der Waals surface area contributed by atoms with Crippen LogP contribution >= 0.6 is 11.6 Å². The standard InChI is InChI=1S/C10H10ClN3O/c11-8-9(13-6-5-12-8)14-10(15)7-3-1-2-4-7/h1-2,5-7H,3-4H2,(H,13,14,15). The fraction of sp³-hybridized carbons (Fsp3) is 0.300. The zero-order valence-electron chi connectivity index (χ0n) is 7.98. The molecule has 1 heterocycles. The summed E-state index contributed by atoms with van der Waals surface area (Å²) in [6.45, 7) is 0. The van der Waals surface area contributed by atoms with Crippen LogP contribution in [0.4, 0.5) is 5.82 Å². The lowest BCUT2D eigenvalue weighted by Gasteiger charge is -2.09. The first-order valence-electron chi connectivity index (χ1n) is 4.70. The van der Waals surface area contributed by atoms with Gasteiger partial charge in [-0.3, -0.25) is 4.79 Å². The molecule has 1 aliphatic rings. The van der Waals surface area contributed by atoms with Gasteiger partial charge in [0.15, 0.2) is 11.0 Å². The number of nitrogens with one attached hydrogen (secondary N) is 1. The molecule has 0 aromatic carbocycles. The Morgan fingerprint density at radius 3 is 2.67 bits per heavy atom. The van der Waals surface area contributed by atoms with E-state index in [2.05, 4.69) is 15.3 Å². The summed E-state index contributed by atoms with van der Waals surface area (Å²) < 4.78 is 0. The summed E-state index contributed by atoms with van der Waals surface area (Å²) in [7, 11) is 0. The van der Waals surface area contributed by atoms with Crippen LogP contribution in [0, 0.1) is 5.92 Å². The fourth-order valence-corrected chi connectivity index (χ4v) is 1.61. The number of carbonyl (C=O) groups is 1. The van der Waals surface area contributed by atoms with Crippen molar-refractivity contribution in [2.45, 2.75) is 12.8 Å². The van der Waals surface area contributed by atoms with Gasteiger partial charge >= 0.3 is 0 Å². The van der Waals surface area contributed by atoms with Crippen LogP contribution < -0.4 is 5.32 Å². The number of hydrogen-bond acceptors (Lipinski definition) is 3. The van der Waals surface area contributed by atoms with Gasteiger partial charge in [0.1, 0.15) is 0 Å². The molecule has 1 aliphatic carbocycles. The van der Waals surface area contributed by atoms with Crippen molar-refractivity contribution >= 4 is 23.3 Å². The highest BCUT2D eigenvalue weighted by Gasteiger charge is 2.20. The maximum absolute atomic E-state index is 11.7. The second kappa shape index (κ2) is 4.40. The van der Waals surface area contributed by atoms with Crippen molar-refractivity contribution in [3.63, 3.8) is 0 Å². The third-order valence-electron chi connectivity index (χ3n) is 2.27. The smallest absolute Gasteiger partial charge is 0.229 e. The minimum atomic E-state index is -0.0533. The van der Waals surface area contributed by atoms with E-state index < -0.39 is 0 Å². The van der Waals surface area contributed by atoms with Crippen molar-refractivity contribution in [3.8, 4) is 0 Å². The highest BCUT2D eigenvalue weighted by Crippen LogP contribution is 2.21. The summed E-state index contributed by atoms with van der Waals surface area (Å²) in [5.74, 6) is 0.279. The first-order valence-corrected chi connectivity index (χ1v) is 5.07. The van der Waals surface area contributed by atoms with E-state index in [4.69, 9.17) is 11.6 Å². The van der Waals surface area contributed by atoms with Gasteiger partial charge in [-0.05, 0) is 12.8 Å². The highest BCUT2D eigenvalue weighted by atomic mass is 35.5. The van der Waals surface area contributed by atoms with Crippen LogP contribution in [0.15, 0.2) is 24.5 Å². The van der Waals surface area contributed by atoms with Crippen molar-refractivity contribution in [1.29, 1.82) is 0 Å². The Kier molecular flexibility index (Phi) is 2.97. The third-order valence-corrected chi connectivity index (χ3v) is 2.55. The predicted octanol–water partition coefficient (Wildman–Crippen LogP) is 2.03. The average molecular weight is 224 g/mol. The molecular formula is C10H10ClN3O. The largest absolute Gasteiger partial charge is 0.308 e. The summed E-state index contributed by atoms with van der Waals surface area (Å²) in [6, 6.07) is 0. The minimum absolute atomic E-state index is 0.00285. The minimum Gasteiger partial charge on any atom is -0.308 e. The van der Waals surface area contributed by atoms with Gasteiger partial charge in [0.05, 0.1) is 0 Å². The van der Waals surface area contributed by atoms with Crippen LogP contribution in [-0.4, -0.2) is 15.9 Å². The van der Waals surface area contributed by atoms with E-state index in [0.717, 1.165) is 12.8 Å². The molecule has 0 fully saturated rings. The SMILES string of the molecule is O=C(Nc1nccnc1Cl)C1CC=CC1. The van der Waals surface area contributed by atoms with E-state index in [-0.39, 0.29) is 17.0 Å². The number of nitrogens with zero attached hydrogens (tertiary/aromatic N) is 2. The number of anilines is 1. The van der Waals surface area contributed by atoms with Gasteiger partial charge < -0.3 is 5.32 Å². The number of hydrogen-bond donors (Lipinski definition) is 1. The van der Waals surface area contributed by atoms with Gasteiger partial charge in [0, 0.05) is 18.3 Å². The molecule has 0 radical (unpaired) electrons. The Hall–Kier alpha value is -1.42. The Morgan fingerprint density at radius 2 is 2.00 bits per heavy atom. The Labute approximate surface area is 92.4 Å². The third kappa shape index (κ3) is 2.33. The van der Waals surface area contributed by atoms with Crippen LogP contribution in [0.3, 0.4) is 0 Å². The van der Waals surface area contributed by atoms with E-state index in [0.29, 0.717) is 5.82 Å². The molecule has 2 rings (SSSR count). The maximum atomic E-state index is 11.7. The van der Waals surface area contributed by atoms with E-state index >= 15 is 0 Å². The Balaban J connectivity index is 2.02. The van der Waals surface area contributed by atoms with Crippen LogP contribution in [-0.2, 0) is 4.79 Å². The molecule has 1 aromatic heterocycles. The fourth-order valence-electron chi connectivity index (χ4n) is 1.45. The van der Waals surface area contributed by atoms with Crippen molar-refractivity contribution in [2.24, 2.45) is 5.92 Å². The topological polar surface area (TPSA) is 54.9 Å². The van der Waals surface area contributed by atoms with E-state index in [9.17, 15) is 4.79 Å². The zero-order valence-corrected chi connectivity index (χ0v) is 8.74. The Morgan fingerprint density at radius 1 is 1.33 bits per heavy atom. The van der Waals surface area contributed by atoms with E-state index in [1.807, 2.05) is 12.2 Å². The number of halogens is 1. The van der Waals surface area contributed by atoms with Crippen molar-refractivity contribution in [1.82, 2.24) is 9.97 Å². The first kappa shape index (κ1) is 10.1. The van der Waals surface area contributed by atoms with E-state index in [1.165, 1.54) is 12.4 Å². The van der Waals surface area contributed by atoms with Crippen LogP contribution in [0.5, 0.6) is 0 Å². The molecule has 0 bridgehead atoms. The predicted molar refractivity (Wildman–Crippen MR) is 57.5 cm³/mol. The van der Waals surface area contributed by atoms with Crippen LogP contribution in [0.25, 0.3) is 0 Å². The number of aromatic nitrogens is 2. The molecule has 1 N–H and O–H groups in total. The lowest BCUT2D eigenvalue weighted by atomic mass is 10.1.